The lowest BCUT2D eigenvalue weighted by Crippen LogP contribution is -2.41. The number of carbonyl (C=O) groups excluding carboxylic acids is 1. The molecule has 0 spiro atoms. The van der Waals surface area contributed by atoms with E-state index in [1.807, 2.05) is 11.0 Å². The monoisotopic (exact) mass is 388 g/mol. The van der Waals surface area contributed by atoms with Crippen LogP contribution in [0.3, 0.4) is 0 Å². The number of hydrogen-bond donors (Lipinski definition) is 1. The maximum atomic E-state index is 13.1. The minimum Gasteiger partial charge on any atom is -0.378 e. The van der Waals surface area contributed by atoms with Gasteiger partial charge in [-0.2, -0.15) is 0 Å². The SMILES string of the molecule is O=C(c1ccc2c(c1)[C@H]1[C@@H]3CC[C@@H](C3)[C@@H]1[C@@H](c1ccccc1)N2)N1CCOCC1. The van der Waals surface area contributed by atoms with Crippen LogP contribution in [0.5, 0.6) is 0 Å². The van der Waals surface area contributed by atoms with Crippen LogP contribution in [0.2, 0.25) is 0 Å². The molecule has 1 saturated heterocycles. The van der Waals surface area contributed by atoms with Gasteiger partial charge in [0, 0.05) is 24.3 Å². The lowest BCUT2D eigenvalue weighted by atomic mass is 9.68. The molecule has 2 aromatic carbocycles. The summed E-state index contributed by atoms with van der Waals surface area (Å²) in [5.41, 5.74) is 4.85. The van der Waals surface area contributed by atoms with Crippen molar-refractivity contribution in [2.24, 2.45) is 17.8 Å². The Morgan fingerprint density at radius 3 is 2.62 bits per heavy atom. The highest BCUT2D eigenvalue weighted by molar-refractivity contribution is 5.95. The Labute approximate surface area is 172 Å². The number of amides is 1. The van der Waals surface area contributed by atoms with E-state index in [0.717, 1.165) is 17.4 Å². The quantitative estimate of drug-likeness (QED) is 0.826. The maximum absolute atomic E-state index is 13.1. The summed E-state index contributed by atoms with van der Waals surface area (Å²) < 4.78 is 5.42. The van der Waals surface area contributed by atoms with Crippen LogP contribution in [-0.4, -0.2) is 37.1 Å². The summed E-state index contributed by atoms with van der Waals surface area (Å²) in [4.78, 5) is 15.0. The van der Waals surface area contributed by atoms with Crippen LogP contribution in [0.15, 0.2) is 48.5 Å². The second-order valence-electron chi connectivity index (χ2n) is 9.18. The minimum absolute atomic E-state index is 0.154. The molecule has 2 saturated carbocycles. The molecular formula is C25H28N2O2. The molecule has 0 unspecified atom stereocenters. The number of nitrogens with zero attached hydrogens (tertiary/aromatic N) is 1. The zero-order valence-electron chi connectivity index (χ0n) is 16.7. The first-order valence-corrected chi connectivity index (χ1v) is 11.1. The van der Waals surface area contributed by atoms with Crippen LogP contribution < -0.4 is 5.32 Å². The highest BCUT2D eigenvalue weighted by Crippen LogP contribution is 2.63. The second-order valence-corrected chi connectivity index (χ2v) is 9.18. The molecule has 4 aliphatic rings. The van der Waals surface area contributed by atoms with E-state index >= 15 is 0 Å². The summed E-state index contributed by atoms with van der Waals surface area (Å²) in [5, 5.41) is 3.87. The minimum atomic E-state index is 0.154. The molecular weight excluding hydrogens is 360 g/mol. The molecule has 2 bridgehead atoms. The van der Waals surface area contributed by atoms with Crippen LogP contribution >= 0.6 is 0 Å². The van der Waals surface area contributed by atoms with Gasteiger partial charge in [-0.1, -0.05) is 30.3 Å². The van der Waals surface area contributed by atoms with E-state index in [0.29, 0.717) is 44.2 Å². The lowest BCUT2D eigenvalue weighted by Gasteiger charge is -2.43. The Morgan fingerprint density at radius 2 is 1.79 bits per heavy atom. The highest BCUT2D eigenvalue weighted by atomic mass is 16.5. The van der Waals surface area contributed by atoms with E-state index < -0.39 is 0 Å². The normalized spacial score (nSPS) is 32.4. The van der Waals surface area contributed by atoms with Crippen molar-refractivity contribution in [3.63, 3.8) is 0 Å². The summed E-state index contributed by atoms with van der Waals surface area (Å²) in [6.07, 6.45) is 4.05. The lowest BCUT2D eigenvalue weighted by molar-refractivity contribution is 0.0303. The van der Waals surface area contributed by atoms with Crippen LogP contribution in [0.4, 0.5) is 5.69 Å². The fourth-order valence-corrected chi connectivity index (χ4v) is 6.56. The predicted molar refractivity (Wildman–Crippen MR) is 113 cm³/mol. The summed E-state index contributed by atoms with van der Waals surface area (Å²) in [6.45, 7) is 2.68. The molecule has 1 amide bonds. The van der Waals surface area contributed by atoms with E-state index in [2.05, 4.69) is 47.8 Å². The number of hydrogen-bond acceptors (Lipinski definition) is 3. The van der Waals surface area contributed by atoms with Gasteiger partial charge in [0.05, 0.1) is 19.3 Å². The Hall–Kier alpha value is -2.33. The van der Waals surface area contributed by atoms with Gasteiger partial charge in [0.25, 0.3) is 5.91 Å². The van der Waals surface area contributed by atoms with Gasteiger partial charge in [0.15, 0.2) is 0 Å². The molecule has 150 valence electrons. The van der Waals surface area contributed by atoms with Gasteiger partial charge in [-0.25, -0.2) is 0 Å². The molecule has 4 heteroatoms. The molecule has 2 aliphatic carbocycles. The van der Waals surface area contributed by atoms with Crippen LogP contribution in [0.25, 0.3) is 0 Å². The van der Waals surface area contributed by atoms with Crippen molar-refractivity contribution in [2.75, 3.05) is 31.6 Å². The van der Waals surface area contributed by atoms with Crippen LogP contribution in [0.1, 0.15) is 52.7 Å². The first-order chi connectivity index (χ1) is 14.3. The molecule has 2 aromatic rings. The number of fused-ring (bicyclic) bond motifs is 7. The fraction of sp³-hybridized carbons (Fsp3) is 0.480. The number of morpholine rings is 1. The van der Waals surface area contributed by atoms with E-state index in [-0.39, 0.29) is 5.91 Å². The van der Waals surface area contributed by atoms with Gasteiger partial charge in [0.1, 0.15) is 0 Å². The summed E-state index contributed by atoms with van der Waals surface area (Å²) >= 11 is 0. The number of benzene rings is 2. The van der Waals surface area contributed by atoms with Gasteiger partial charge in [-0.05, 0) is 72.3 Å². The second kappa shape index (κ2) is 6.88. The molecule has 4 nitrogen and oxygen atoms in total. The van der Waals surface area contributed by atoms with Crippen molar-refractivity contribution in [2.45, 2.75) is 31.2 Å². The fourth-order valence-electron chi connectivity index (χ4n) is 6.56. The topological polar surface area (TPSA) is 41.6 Å². The van der Waals surface area contributed by atoms with Gasteiger partial charge in [-0.3, -0.25) is 4.79 Å². The summed E-state index contributed by atoms with van der Waals surface area (Å²) in [5.74, 6) is 2.94. The van der Waals surface area contributed by atoms with Gasteiger partial charge in [0.2, 0.25) is 0 Å². The maximum Gasteiger partial charge on any atom is 0.254 e. The molecule has 6 rings (SSSR count). The van der Waals surface area contributed by atoms with Crippen LogP contribution in [0, 0.1) is 17.8 Å². The largest absolute Gasteiger partial charge is 0.378 e. The highest BCUT2D eigenvalue weighted by Gasteiger charge is 2.53. The van der Waals surface area contributed by atoms with Crippen molar-refractivity contribution >= 4 is 11.6 Å². The Morgan fingerprint density at radius 1 is 1.00 bits per heavy atom. The number of nitrogens with one attached hydrogen (secondary N) is 1. The van der Waals surface area contributed by atoms with Gasteiger partial charge < -0.3 is 15.0 Å². The molecule has 0 radical (unpaired) electrons. The first kappa shape index (κ1) is 17.5. The van der Waals surface area contributed by atoms with Crippen molar-refractivity contribution in [1.29, 1.82) is 0 Å². The summed E-state index contributed by atoms with van der Waals surface area (Å²) in [6, 6.07) is 17.7. The van der Waals surface area contributed by atoms with Crippen molar-refractivity contribution in [3.8, 4) is 0 Å². The number of carbonyl (C=O) groups is 1. The molecule has 2 heterocycles. The average Bonchev–Trinajstić information content (AvgIpc) is 3.42. The Bertz CT molecular complexity index is 922. The van der Waals surface area contributed by atoms with Crippen molar-refractivity contribution < 1.29 is 9.53 Å². The molecule has 2 aliphatic heterocycles. The smallest absolute Gasteiger partial charge is 0.254 e. The van der Waals surface area contributed by atoms with Crippen molar-refractivity contribution in [1.82, 2.24) is 4.90 Å². The zero-order valence-corrected chi connectivity index (χ0v) is 16.7. The third-order valence-electron chi connectivity index (χ3n) is 7.79. The number of anilines is 1. The van der Waals surface area contributed by atoms with Crippen LogP contribution in [-0.2, 0) is 4.74 Å². The van der Waals surface area contributed by atoms with Gasteiger partial charge >= 0.3 is 0 Å². The summed E-state index contributed by atoms with van der Waals surface area (Å²) in [7, 11) is 0. The third-order valence-corrected chi connectivity index (χ3v) is 7.79. The first-order valence-electron chi connectivity index (χ1n) is 11.1. The average molecular weight is 389 g/mol. The molecule has 1 N–H and O–H groups in total. The molecule has 5 atom stereocenters. The standard InChI is InChI=1S/C25H28N2O2/c28-25(27-10-12-29-13-11-27)19-8-9-21-20(15-19)22-17-6-7-18(14-17)23(22)24(26-21)16-4-2-1-3-5-16/h1-5,8-9,15,17-18,22-24,26H,6-7,10-14H2/t17-,18+,22-,23+,24-/m1/s1. The Kier molecular flexibility index (Phi) is 4.15. The number of rotatable bonds is 2. The zero-order chi connectivity index (χ0) is 19.4. The van der Waals surface area contributed by atoms with Gasteiger partial charge in [-0.15, -0.1) is 0 Å². The Balaban J connectivity index is 1.38. The van der Waals surface area contributed by atoms with E-state index in [1.54, 1.807) is 0 Å². The van der Waals surface area contributed by atoms with Crippen molar-refractivity contribution in [3.05, 3.63) is 65.2 Å². The third kappa shape index (κ3) is 2.80. The predicted octanol–water partition coefficient (Wildman–Crippen LogP) is 4.46. The van der Waals surface area contributed by atoms with E-state index in [4.69, 9.17) is 4.74 Å². The molecule has 29 heavy (non-hydrogen) atoms. The molecule has 3 fully saturated rings. The molecule has 0 aromatic heterocycles. The van der Waals surface area contributed by atoms with E-state index in [9.17, 15) is 4.79 Å². The van der Waals surface area contributed by atoms with E-state index in [1.165, 1.54) is 36.1 Å². The number of ether oxygens (including phenoxy) is 1.